The van der Waals surface area contributed by atoms with E-state index >= 15 is 0 Å². The van der Waals surface area contributed by atoms with Crippen molar-refractivity contribution in [2.75, 3.05) is 5.88 Å². The van der Waals surface area contributed by atoms with Crippen molar-refractivity contribution in [3.8, 4) is 0 Å². The molecule has 0 aliphatic heterocycles. The van der Waals surface area contributed by atoms with Crippen LogP contribution in [0.25, 0.3) is 0 Å². The molecule has 0 aliphatic carbocycles. The first kappa shape index (κ1) is 9.22. The summed E-state index contributed by atoms with van der Waals surface area (Å²) in [7, 11) is -3.92. The maximum atomic E-state index is 10.2. The summed E-state index contributed by atoms with van der Waals surface area (Å²) in [6.45, 7) is 1.34. The minimum absolute atomic E-state index is 0.223. The molecule has 0 saturated heterocycles. The fourth-order valence-electron chi connectivity index (χ4n) is 0.234. The van der Waals surface area contributed by atoms with E-state index in [-0.39, 0.29) is 5.88 Å². The predicted molar refractivity (Wildman–Crippen MR) is 38.0 cm³/mol. The minimum atomic E-state index is -3.92. The van der Waals surface area contributed by atoms with E-state index in [0.717, 1.165) is 0 Å². The Hall–Kier alpha value is 0.220. The van der Waals surface area contributed by atoms with E-state index in [1.807, 2.05) is 0 Å². The molecule has 0 aromatic heterocycles. The van der Waals surface area contributed by atoms with Crippen molar-refractivity contribution in [3.05, 3.63) is 0 Å². The van der Waals surface area contributed by atoms with Crippen LogP contribution in [0, 0.1) is 0 Å². The summed E-state index contributed by atoms with van der Waals surface area (Å²) in [6, 6.07) is 0. The highest BCUT2D eigenvalue weighted by Crippen LogP contribution is 1.91. The highest BCUT2D eigenvalue weighted by Gasteiger charge is 2.14. The third kappa shape index (κ3) is 3.74. The van der Waals surface area contributed by atoms with Gasteiger partial charge in [-0.25, -0.2) is 0 Å². The second-order valence-corrected chi connectivity index (χ2v) is 3.57. The first-order chi connectivity index (χ1) is 3.98. The van der Waals surface area contributed by atoms with Gasteiger partial charge in [-0.3, -0.25) is 9.87 Å². The van der Waals surface area contributed by atoms with Gasteiger partial charge in [0.25, 0.3) is 10.1 Å². The van der Waals surface area contributed by atoms with Gasteiger partial charge in [-0.15, -0.1) is 0 Å². The van der Waals surface area contributed by atoms with Gasteiger partial charge in [-0.05, 0) is 6.92 Å². The van der Waals surface area contributed by atoms with Crippen LogP contribution < -0.4 is 5.32 Å². The summed E-state index contributed by atoms with van der Waals surface area (Å²) < 4.78 is 28.7. The van der Waals surface area contributed by atoms with E-state index in [1.54, 1.807) is 0 Å². The fraction of sp³-hybridized carbons (Fsp3) is 1.00. The van der Waals surface area contributed by atoms with Crippen molar-refractivity contribution >= 4 is 22.7 Å². The minimum Gasteiger partial charge on any atom is -0.290 e. The number of nitrogens with one attached hydrogen (secondary N) is 1. The number of hydrogen-bond acceptors (Lipinski definition) is 4. The van der Waals surface area contributed by atoms with E-state index < -0.39 is 15.5 Å². The molecule has 0 aromatic carbocycles. The van der Waals surface area contributed by atoms with Gasteiger partial charge in [-0.1, -0.05) is 0 Å². The van der Waals surface area contributed by atoms with Crippen LogP contribution in [0.3, 0.4) is 0 Å². The molecule has 1 unspecified atom stereocenters. The lowest BCUT2D eigenvalue weighted by Gasteiger charge is -2.06. The Balaban J connectivity index is 3.90. The lowest BCUT2D eigenvalue weighted by Crippen LogP contribution is -2.32. The van der Waals surface area contributed by atoms with Crippen LogP contribution >= 0.6 is 12.6 Å². The van der Waals surface area contributed by atoms with Crippen LogP contribution in [0.2, 0.25) is 0 Å². The Morgan fingerprint density at radius 3 is 2.33 bits per heavy atom. The molecule has 0 fully saturated rings. The van der Waals surface area contributed by atoms with Gasteiger partial charge < -0.3 is 0 Å². The molecule has 1 atom stereocenters. The Morgan fingerprint density at radius 2 is 2.22 bits per heavy atom. The molecule has 0 aliphatic rings. The summed E-state index contributed by atoms with van der Waals surface area (Å²) in [5.74, 6) is 0.223. The normalized spacial score (nSPS) is 15.4. The van der Waals surface area contributed by atoms with Gasteiger partial charge in [0.2, 0.25) is 0 Å². The third-order valence-electron chi connectivity index (χ3n) is 0.826. The van der Waals surface area contributed by atoms with E-state index in [9.17, 15) is 8.42 Å². The van der Waals surface area contributed by atoms with E-state index in [2.05, 4.69) is 17.9 Å². The summed E-state index contributed by atoms with van der Waals surface area (Å²) in [5.41, 5.74) is 0. The second kappa shape index (κ2) is 3.40. The van der Waals surface area contributed by atoms with Crippen LogP contribution in [0.15, 0.2) is 0 Å². The zero-order valence-corrected chi connectivity index (χ0v) is 6.61. The largest absolute Gasteiger partial charge is 0.290 e. The van der Waals surface area contributed by atoms with E-state index in [4.69, 9.17) is 4.55 Å². The topological polar surface area (TPSA) is 66.4 Å². The standard InChI is InChI=1S/C3H9NO3S2/c1-3(4-2-8)9(5,6)7/h3-4,8H,2H2,1H3,(H,5,6,7). The first-order valence-electron chi connectivity index (χ1n) is 2.29. The van der Waals surface area contributed by atoms with Crippen LogP contribution in [0.5, 0.6) is 0 Å². The van der Waals surface area contributed by atoms with Crippen LogP contribution in [-0.2, 0) is 10.1 Å². The quantitative estimate of drug-likeness (QED) is 0.310. The molecule has 9 heavy (non-hydrogen) atoms. The third-order valence-corrected chi connectivity index (χ3v) is 2.07. The zero-order valence-electron chi connectivity index (χ0n) is 4.90. The van der Waals surface area contributed by atoms with Gasteiger partial charge in [0, 0.05) is 5.88 Å². The average molecular weight is 171 g/mol. The summed E-state index contributed by atoms with van der Waals surface area (Å²) >= 11 is 3.71. The average Bonchev–Trinajstić information content (AvgIpc) is 1.64. The van der Waals surface area contributed by atoms with E-state index in [1.165, 1.54) is 6.92 Å². The number of rotatable bonds is 3. The van der Waals surface area contributed by atoms with Crippen molar-refractivity contribution < 1.29 is 13.0 Å². The van der Waals surface area contributed by atoms with Crippen molar-refractivity contribution in [1.29, 1.82) is 0 Å². The van der Waals surface area contributed by atoms with Gasteiger partial charge in [0.15, 0.2) is 0 Å². The molecule has 0 spiro atoms. The van der Waals surface area contributed by atoms with Gasteiger partial charge >= 0.3 is 0 Å². The molecule has 0 rings (SSSR count). The lowest BCUT2D eigenvalue weighted by atomic mass is 10.8. The van der Waals surface area contributed by atoms with Crippen LogP contribution in [-0.4, -0.2) is 24.2 Å². The molecule has 0 radical (unpaired) electrons. The molecular weight excluding hydrogens is 162 g/mol. The van der Waals surface area contributed by atoms with Gasteiger partial charge in [0.1, 0.15) is 5.37 Å². The molecule has 2 N–H and O–H groups in total. The van der Waals surface area contributed by atoms with Crippen molar-refractivity contribution in [1.82, 2.24) is 5.32 Å². The maximum Gasteiger partial charge on any atom is 0.280 e. The Bertz CT molecular complexity index is 164. The molecule has 56 valence electrons. The summed E-state index contributed by atoms with van der Waals surface area (Å²) in [4.78, 5) is 0. The summed E-state index contributed by atoms with van der Waals surface area (Å²) in [6.07, 6.45) is 0. The highest BCUT2D eigenvalue weighted by atomic mass is 32.2. The predicted octanol–water partition coefficient (Wildman–Crippen LogP) is -0.303. The molecule has 0 heterocycles. The van der Waals surface area contributed by atoms with Gasteiger partial charge in [0.05, 0.1) is 0 Å². The zero-order chi connectivity index (χ0) is 7.49. The van der Waals surface area contributed by atoms with Crippen LogP contribution in [0.4, 0.5) is 0 Å². The second-order valence-electron chi connectivity index (χ2n) is 1.52. The number of thiol groups is 1. The fourth-order valence-corrected chi connectivity index (χ4v) is 0.925. The first-order valence-corrected chi connectivity index (χ1v) is 4.42. The van der Waals surface area contributed by atoms with E-state index in [0.29, 0.717) is 0 Å². The Morgan fingerprint density at radius 1 is 1.78 bits per heavy atom. The van der Waals surface area contributed by atoms with Crippen molar-refractivity contribution in [3.63, 3.8) is 0 Å². The molecule has 0 saturated carbocycles. The Labute approximate surface area is 59.8 Å². The highest BCUT2D eigenvalue weighted by molar-refractivity contribution is 7.86. The van der Waals surface area contributed by atoms with Gasteiger partial charge in [-0.2, -0.15) is 21.0 Å². The lowest BCUT2D eigenvalue weighted by molar-refractivity contribution is 0.461. The monoisotopic (exact) mass is 171 g/mol. The SMILES string of the molecule is CC(NCS)S(=O)(=O)O. The van der Waals surface area contributed by atoms with Crippen molar-refractivity contribution in [2.45, 2.75) is 12.3 Å². The smallest absolute Gasteiger partial charge is 0.280 e. The van der Waals surface area contributed by atoms with Crippen molar-refractivity contribution in [2.24, 2.45) is 0 Å². The molecule has 6 heteroatoms. The molecular formula is C3H9NO3S2. The molecule has 0 aromatic rings. The Kier molecular flexibility index (Phi) is 3.49. The maximum absolute atomic E-state index is 10.2. The van der Waals surface area contributed by atoms with Crippen LogP contribution in [0.1, 0.15) is 6.92 Å². The molecule has 0 bridgehead atoms. The molecule has 0 amide bonds. The number of hydrogen-bond donors (Lipinski definition) is 3. The molecule has 4 nitrogen and oxygen atoms in total. The summed E-state index contributed by atoms with van der Waals surface area (Å²) in [5, 5.41) is 1.48.